The molecular formula is C26H43NO4Si. The Bertz CT molecular complexity index is 783. The average Bonchev–Trinajstić information content (AvgIpc) is 2.71. The van der Waals surface area contributed by atoms with Crippen LogP contribution in [-0.4, -0.2) is 43.6 Å². The van der Waals surface area contributed by atoms with Crippen LogP contribution in [0.2, 0.25) is 16.6 Å². The molecule has 0 amide bonds. The van der Waals surface area contributed by atoms with E-state index in [0.29, 0.717) is 40.1 Å². The molecule has 1 N–H and O–H groups in total. The van der Waals surface area contributed by atoms with Crippen molar-refractivity contribution in [1.29, 1.82) is 0 Å². The van der Waals surface area contributed by atoms with Crippen molar-refractivity contribution in [2.45, 2.75) is 103 Å². The molecule has 0 spiro atoms. The maximum absolute atomic E-state index is 11.7. The number of carbonyl (C=O) groups is 1. The van der Waals surface area contributed by atoms with Crippen LogP contribution in [0.5, 0.6) is 11.5 Å². The van der Waals surface area contributed by atoms with E-state index in [9.17, 15) is 9.90 Å². The summed E-state index contributed by atoms with van der Waals surface area (Å²) in [6, 6.07) is 4.71. The molecule has 0 aromatic heterocycles. The first-order valence-electron chi connectivity index (χ1n) is 12.6. The van der Waals surface area contributed by atoms with Gasteiger partial charge in [0, 0.05) is 11.6 Å². The third kappa shape index (κ3) is 4.72. The Kier molecular flexibility index (Phi) is 7.97. The molecule has 1 aliphatic heterocycles. The zero-order chi connectivity index (χ0) is 23.6. The summed E-state index contributed by atoms with van der Waals surface area (Å²) in [4.78, 5) is 14.4. The van der Waals surface area contributed by atoms with Crippen LogP contribution in [0.15, 0.2) is 12.1 Å². The summed E-state index contributed by atoms with van der Waals surface area (Å²) in [5.41, 5.74) is 3.50. The Morgan fingerprint density at radius 2 is 1.78 bits per heavy atom. The Morgan fingerprint density at radius 1 is 1.12 bits per heavy atom. The fourth-order valence-electron chi connectivity index (χ4n) is 6.68. The van der Waals surface area contributed by atoms with Crippen molar-refractivity contribution >= 4 is 14.5 Å². The van der Waals surface area contributed by atoms with Gasteiger partial charge in [0.25, 0.3) is 8.32 Å². The number of benzene rings is 1. The van der Waals surface area contributed by atoms with E-state index >= 15 is 0 Å². The number of ether oxygens (including phenoxy) is 1. The normalized spacial score (nSPS) is 21.6. The minimum atomic E-state index is -2.23. The van der Waals surface area contributed by atoms with Crippen molar-refractivity contribution in [2.75, 3.05) is 13.1 Å². The molecule has 1 fully saturated rings. The molecule has 3 rings (SSSR count). The zero-order valence-electron chi connectivity index (χ0n) is 21.1. The zero-order valence-corrected chi connectivity index (χ0v) is 22.1. The quantitative estimate of drug-likeness (QED) is 0.259. The van der Waals surface area contributed by atoms with Crippen molar-refractivity contribution in [3.05, 3.63) is 23.3 Å². The molecule has 0 radical (unpaired) electrons. The van der Waals surface area contributed by atoms with E-state index < -0.39 is 14.5 Å². The largest absolute Gasteiger partial charge is 0.540 e. The second-order valence-corrected chi connectivity index (χ2v) is 16.1. The molecule has 0 saturated carbocycles. The molecule has 180 valence electrons. The van der Waals surface area contributed by atoms with Crippen LogP contribution in [0.25, 0.3) is 0 Å². The van der Waals surface area contributed by atoms with E-state index in [0.717, 1.165) is 24.9 Å². The van der Waals surface area contributed by atoms with Crippen molar-refractivity contribution < 1.29 is 19.1 Å². The van der Waals surface area contributed by atoms with Gasteiger partial charge < -0.3 is 14.3 Å². The lowest BCUT2D eigenvalue weighted by atomic mass is 9.75. The summed E-state index contributed by atoms with van der Waals surface area (Å²) in [7, 11) is -2.23. The van der Waals surface area contributed by atoms with E-state index in [1.54, 1.807) is 0 Å². The first-order chi connectivity index (χ1) is 15.1. The summed E-state index contributed by atoms with van der Waals surface area (Å²) in [6.07, 6.45) is 4.17. The van der Waals surface area contributed by atoms with Gasteiger partial charge in [-0.1, -0.05) is 54.5 Å². The van der Waals surface area contributed by atoms with Crippen LogP contribution in [0, 0.1) is 5.92 Å². The number of rotatable bonds is 8. The van der Waals surface area contributed by atoms with Gasteiger partial charge in [-0.05, 0) is 79.4 Å². The molecular weight excluding hydrogens is 418 g/mol. The smallest absolute Gasteiger partial charge is 0.511 e. The van der Waals surface area contributed by atoms with Crippen LogP contribution in [0.3, 0.4) is 0 Å². The van der Waals surface area contributed by atoms with Crippen LogP contribution in [0.1, 0.15) is 78.9 Å². The number of hydrogen-bond acceptors (Lipinski definition) is 4. The van der Waals surface area contributed by atoms with Gasteiger partial charge in [0.1, 0.15) is 5.75 Å². The van der Waals surface area contributed by atoms with E-state index in [4.69, 9.17) is 9.16 Å². The van der Waals surface area contributed by atoms with Crippen molar-refractivity contribution in [3.8, 4) is 11.5 Å². The molecule has 1 heterocycles. The fourth-order valence-corrected chi connectivity index (χ4v) is 11.9. The number of piperidine rings is 1. The minimum absolute atomic E-state index is 0.404. The van der Waals surface area contributed by atoms with Crippen molar-refractivity contribution in [3.63, 3.8) is 0 Å². The second-order valence-electron chi connectivity index (χ2n) is 10.7. The van der Waals surface area contributed by atoms with E-state index in [1.807, 2.05) is 6.07 Å². The third-order valence-electron chi connectivity index (χ3n) is 7.94. The van der Waals surface area contributed by atoms with E-state index in [1.165, 1.54) is 31.4 Å². The first-order valence-corrected chi connectivity index (χ1v) is 14.7. The van der Waals surface area contributed by atoms with Gasteiger partial charge in [0.05, 0.1) is 0 Å². The second kappa shape index (κ2) is 10.2. The highest BCUT2D eigenvalue weighted by atomic mass is 28.4. The Hall–Kier alpha value is -1.53. The lowest BCUT2D eigenvalue weighted by Crippen LogP contribution is -2.51. The number of nitrogens with zero attached hydrogens (tertiary/aromatic N) is 1. The van der Waals surface area contributed by atoms with Gasteiger partial charge in [-0.15, -0.1) is 0 Å². The molecule has 6 heteroatoms. The highest BCUT2D eigenvalue weighted by Crippen LogP contribution is 2.48. The van der Waals surface area contributed by atoms with Crippen LogP contribution in [0.4, 0.5) is 4.79 Å². The molecule has 1 aliphatic carbocycles. The maximum atomic E-state index is 11.7. The molecule has 2 aliphatic rings. The molecule has 32 heavy (non-hydrogen) atoms. The lowest BCUT2D eigenvalue weighted by molar-refractivity contribution is 0.0844. The maximum Gasteiger partial charge on any atom is 0.511 e. The summed E-state index contributed by atoms with van der Waals surface area (Å²) in [5.74, 6) is 1.64. The van der Waals surface area contributed by atoms with Gasteiger partial charge >= 0.3 is 6.16 Å². The van der Waals surface area contributed by atoms with Gasteiger partial charge in [0.2, 0.25) is 0 Å². The molecule has 1 saturated heterocycles. The molecule has 5 nitrogen and oxygen atoms in total. The van der Waals surface area contributed by atoms with Gasteiger partial charge in [-0.25, -0.2) is 4.79 Å². The molecule has 1 aromatic rings. The van der Waals surface area contributed by atoms with Crippen molar-refractivity contribution in [1.82, 2.24) is 4.90 Å². The Morgan fingerprint density at radius 3 is 2.34 bits per heavy atom. The lowest BCUT2D eigenvalue weighted by Gasteiger charge is -2.45. The summed E-state index contributed by atoms with van der Waals surface area (Å²) < 4.78 is 12.4. The Labute approximate surface area is 195 Å². The summed E-state index contributed by atoms with van der Waals surface area (Å²) >= 11 is 0. The predicted octanol–water partition coefficient (Wildman–Crippen LogP) is 6.89. The molecule has 1 aromatic carbocycles. The Balaban J connectivity index is 2.04. The number of fused-ring (bicyclic) bond motifs is 2. The minimum Gasteiger partial charge on any atom is -0.540 e. The predicted molar refractivity (Wildman–Crippen MR) is 133 cm³/mol. The molecule has 0 unspecified atom stereocenters. The van der Waals surface area contributed by atoms with Crippen LogP contribution < -0.4 is 9.16 Å². The summed E-state index contributed by atoms with van der Waals surface area (Å²) in [5, 5.41) is 9.59. The highest BCUT2D eigenvalue weighted by Gasteiger charge is 2.48. The summed E-state index contributed by atoms with van der Waals surface area (Å²) in [6.45, 7) is 18.0. The number of carboxylic acid groups (broad SMARTS) is 1. The van der Waals surface area contributed by atoms with E-state index in [-0.39, 0.29) is 0 Å². The van der Waals surface area contributed by atoms with Crippen LogP contribution in [-0.2, 0) is 12.8 Å². The van der Waals surface area contributed by atoms with Gasteiger partial charge in [0.15, 0.2) is 5.75 Å². The molecule has 0 bridgehead atoms. The first kappa shape index (κ1) is 25.1. The highest BCUT2D eigenvalue weighted by molar-refractivity contribution is 6.78. The SMILES string of the molecule is CCCN1CCC[C@@H]2Cc3c(ccc(O[Si](C(C)C)(C(C)C)C(C)C)c3OC(=O)O)C[C@H]21. The number of hydrogen-bond donors (Lipinski definition) is 1. The monoisotopic (exact) mass is 461 g/mol. The molecule has 2 atom stereocenters. The van der Waals surface area contributed by atoms with Gasteiger partial charge in [-0.2, -0.15) is 0 Å². The van der Waals surface area contributed by atoms with Gasteiger partial charge in [-0.3, -0.25) is 4.90 Å². The fraction of sp³-hybridized carbons (Fsp3) is 0.731. The average molecular weight is 462 g/mol. The number of likely N-dealkylation sites (tertiary alicyclic amines) is 1. The van der Waals surface area contributed by atoms with Crippen molar-refractivity contribution in [2.24, 2.45) is 5.92 Å². The third-order valence-corrected chi connectivity index (χ3v) is 13.9. The van der Waals surface area contributed by atoms with E-state index in [2.05, 4.69) is 59.4 Å². The standard InChI is InChI=1S/C26H43NO4Si/c1-8-13-27-14-9-10-21-15-22-20(16-23(21)27)11-12-24(25(22)30-26(28)29)31-32(17(2)3,18(4)5)19(6)7/h11-12,17-19,21,23H,8-10,13-16H2,1-7H3,(H,28,29)/t21-,23-/m1/s1. The topological polar surface area (TPSA) is 59.0 Å². The van der Waals surface area contributed by atoms with Crippen LogP contribution >= 0.6 is 0 Å².